The van der Waals surface area contributed by atoms with E-state index >= 15 is 0 Å². The number of carbonyl (C=O) groups is 1. The molecule has 0 amide bonds. The van der Waals surface area contributed by atoms with Crippen molar-refractivity contribution in [2.75, 3.05) is 6.61 Å². The number of rotatable bonds is 6. The molecule has 4 nitrogen and oxygen atoms in total. The van der Waals surface area contributed by atoms with Crippen molar-refractivity contribution in [3.63, 3.8) is 0 Å². The summed E-state index contributed by atoms with van der Waals surface area (Å²) >= 11 is 0. The zero-order chi connectivity index (χ0) is 14.5. The van der Waals surface area contributed by atoms with Crippen LogP contribution >= 0.6 is 0 Å². The van der Waals surface area contributed by atoms with Crippen LogP contribution in [0, 0.1) is 5.92 Å². The van der Waals surface area contributed by atoms with E-state index in [-0.39, 0.29) is 12.4 Å². The second kappa shape index (κ2) is 6.57. The molecular weight excluding hydrogens is 244 g/mol. The van der Waals surface area contributed by atoms with E-state index in [4.69, 9.17) is 4.74 Å². The van der Waals surface area contributed by atoms with Gasteiger partial charge in [-0.05, 0) is 38.0 Å². The summed E-state index contributed by atoms with van der Waals surface area (Å²) in [5.41, 5.74) is -0.847. The number of ether oxygens (including phenoxy) is 1. The number of benzene rings is 1. The zero-order valence-electron chi connectivity index (χ0n) is 11.7. The molecule has 1 aromatic rings. The average molecular weight is 266 g/mol. The molecule has 2 unspecified atom stereocenters. The van der Waals surface area contributed by atoms with Crippen LogP contribution in [-0.2, 0) is 15.1 Å². The molecule has 2 N–H and O–H groups in total. The molecule has 0 heterocycles. The molecule has 4 heteroatoms. The molecule has 0 aliphatic rings. The Morgan fingerprint density at radius 1 is 1.42 bits per heavy atom. The summed E-state index contributed by atoms with van der Waals surface area (Å²) in [6, 6.07) is 6.34. The molecule has 0 spiro atoms. The summed E-state index contributed by atoms with van der Waals surface area (Å²) in [5.74, 6) is -0.978. The van der Waals surface area contributed by atoms with E-state index in [0.29, 0.717) is 12.0 Å². The highest BCUT2D eigenvalue weighted by Crippen LogP contribution is 2.34. The van der Waals surface area contributed by atoms with Crippen molar-refractivity contribution < 1.29 is 19.7 Å². The Labute approximate surface area is 114 Å². The molecule has 0 saturated carbocycles. The first kappa shape index (κ1) is 15.5. The molecule has 0 bridgehead atoms. The number of aromatic hydroxyl groups is 1. The van der Waals surface area contributed by atoms with Crippen molar-refractivity contribution in [2.45, 2.75) is 39.2 Å². The van der Waals surface area contributed by atoms with Gasteiger partial charge in [0.15, 0.2) is 0 Å². The highest BCUT2D eigenvalue weighted by atomic mass is 16.5. The van der Waals surface area contributed by atoms with Crippen molar-refractivity contribution in [2.24, 2.45) is 5.92 Å². The predicted octanol–water partition coefficient (Wildman–Crippen LogP) is 2.58. The Kier molecular flexibility index (Phi) is 5.36. The van der Waals surface area contributed by atoms with Crippen LogP contribution in [0.1, 0.15) is 39.2 Å². The number of hydrogen-bond acceptors (Lipinski definition) is 4. The van der Waals surface area contributed by atoms with Crippen LogP contribution < -0.4 is 0 Å². The third-order valence-electron chi connectivity index (χ3n) is 3.26. The van der Waals surface area contributed by atoms with Gasteiger partial charge in [-0.3, -0.25) is 4.79 Å². The Morgan fingerprint density at radius 3 is 2.63 bits per heavy atom. The van der Waals surface area contributed by atoms with Gasteiger partial charge in [0.05, 0.1) is 12.5 Å². The summed E-state index contributed by atoms with van der Waals surface area (Å²) < 4.78 is 5.03. The maximum Gasteiger partial charge on any atom is 0.312 e. The summed E-state index contributed by atoms with van der Waals surface area (Å²) in [6.07, 6.45) is 1.29. The van der Waals surface area contributed by atoms with Crippen molar-refractivity contribution in [1.82, 2.24) is 0 Å². The smallest absolute Gasteiger partial charge is 0.312 e. The van der Waals surface area contributed by atoms with Gasteiger partial charge < -0.3 is 14.9 Å². The quantitative estimate of drug-likeness (QED) is 0.777. The molecule has 0 fully saturated rings. The van der Waals surface area contributed by atoms with Crippen LogP contribution in [0.5, 0.6) is 5.75 Å². The van der Waals surface area contributed by atoms with Crippen LogP contribution in [-0.4, -0.2) is 22.8 Å². The fraction of sp³-hybridized carbons (Fsp3) is 0.533. The number of aliphatic hydroxyl groups is 1. The monoisotopic (exact) mass is 266 g/mol. The Bertz CT molecular complexity index is 426. The molecule has 0 aromatic heterocycles. The SMILES string of the molecule is CCCC(C(=O)OCC)C(C)(O)c1cccc(O)c1. The van der Waals surface area contributed by atoms with Gasteiger partial charge in [-0.25, -0.2) is 0 Å². The number of phenolic OH excluding ortho intramolecular Hbond substituents is 1. The largest absolute Gasteiger partial charge is 0.508 e. The molecule has 106 valence electrons. The van der Waals surface area contributed by atoms with Gasteiger partial charge in [-0.1, -0.05) is 25.5 Å². The molecule has 0 radical (unpaired) electrons. The topological polar surface area (TPSA) is 66.8 Å². The fourth-order valence-corrected chi connectivity index (χ4v) is 2.18. The molecule has 1 aromatic carbocycles. The molecular formula is C15H22O4. The molecule has 2 atom stereocenters. The molecule has 0 aliphatic carbocycles. The second-order valence-corrected chi connectivity index (χ2v) is 4.79. The van der Waals surface area contributed by atoms with E-state index in [1.807, 2.05) is 6.92 Å². The average Bonchev–Trinajstić information content (AvgIpc) is 2.36. The van der Waals surface area contributed by atoms with Crippen molar-refractivity contribution in [3.05, 3.63) is 29.8 Å². The lowest BCUT2D eigenvalue weighted by molar-refractivity contribution is -0.158. The summed E-state index contributed by atoms with van der Waals surface area (Å²) in [6.45, 7) is 5.56. The highest BCUT2D eigenvalue weighted by Gasteiger charge is 2.39. The molecule has 19 heavy (non-hydrogen) atoms. The number of hydrogen-bond donors (Lipinski definition) is 2. The highest BCUT2D eigenvalue weighted by molar-refractivity contribution is 5.74. The van der Waals surface area contributed by atoms with E-state index < -0.39 is 17.5 Å². The number of carbonyl (C=O) groups excluding carboxylic acids is 1. The van der Waals surface area contributed by atoms with E-state index in [9.17, 15) is 15.0 Å². The summed E-state index contributed by atoms with van der Waals surface area (Å²) in [5, 5.41) is 20.2. The third-order valence-corrected chi connectivity index (χ3v) is 3.26. The van der Waals surface area contributed by atoms with Crippen LogP contribution in [0.15, 0.2) is 24.3 Å². The van der Waals surface area contributed by atoms with Gasteiger partial charge in [0.2, 0.25) is 0 Å². The van der Waals surface area contributed by atoms with E-state index in [1.54, 1.807) is 26.0 Å². The lowest BCUT2D eigenvalue weighted by Gasteiger charge is -2.31. The minimum atomic E-state index is -1.36. The fourth-order valence-electron chi connectivity index (χ4n) is 2.18. The van der Waals surface area contributed by atoms with Gasteiger partial charge in [0, 0.05) is 0 Å². The van der Waals surface area contributed by atoms with Gasteiger partial charge in [0.25, 0.3) is 0 Å². The first-order valence-corrected chi connectivity index (χ1v) is 6.62. The lowest BCUT2D eigenvalue weighted by atomic mass is 9.80. The van der Waals surface area contributed by atoms with Crippen LogP contribution in [0.4, 0.5) is 0 Å². The van der Waals surface area contributed by atoms with Crippen LogP contribution in [0.2, 0.25) is 0 Å². The van der Waals surface area contributed by atoms with Crippen molar-refractivity contribution in [1.29, 1.82) is 0 Å². The maximum absolute atomic E-state index is 12.0. The first-order valence-electron chi connectivity index (χ1n) is 6.62. The Hall–Kier alpha value is -1.55. The van der Waals surface area contributed by atoms with Gasteiger partial charge >= 0.3 is 5.97 Å². The van der Waals surface area contributed by atoms with Crippen LogP contribution in [0.25, 0.3) is 0 Å². The number of esters is 1. The van der Waals surface area contributed by atoms with Crippen molar-refractivity contribution in [3.8, 4) is 5.75 Å². The number of phenols is 1. The van der Waals surface area contributed by atoms with Crippen molar-refractivity contribution >= 4 is 5.97 Å². The van der Waals surface area contributed by atoms with Gasteiger partial charge in [-0.15, -0.1) is 0 Å². The molecule has 1 rings (SSSR count). The maximum atomic E-state index is 12.0. The third kappa shape index (κ3) is 3.70. The normalized spacial score (nSPS) is 15.6. The summed E-state index contributed by atoms with van der Waals surface area (Å²) in [7, 11) is 0. The summed E-state index contributed by atoms with van der Waals surface area (Å²) in [4.78, 5) is 12.0. The van der Waals surface area contributed by atoms with Gasteiger partial charge in [0.1, 0.15) is 11.4 Å². The van der Waals surface area contributed by atoms with Gasteiger partial charge in [-0.2, -0.15) is 0 Å². The standard InChI is InChI=1S/C15H22O4/c1-4-7-13(14(17)19-5-2)15(3,18)11-8-6-9-12(16)10-11/h6,8-10,13,16,18H,4-5,7H2,1-3H3. The minimum absolute atomic E-state index is 0.0666. The van der Waals surface area contributed by atoms with Crippen LogP contribution in [0.3, 0.4) is 0 Å². The molecule has 0 saturated heterocycles. The molecule has 0 aliphatic heterocycles. The second-order valence-electron chi connectivity index (χ2n) is 4.79. The zero-order valence-corrected chi connectivity index (χ0v) is 11.7. The van der Waals surface area contributed by atoms with E-state index in [2.05, 4.69) is 0 Å². The van der Waals surface area contributed by atoms with E-state index in [1.165, 1.54) is 12.1 Å². The minimum Gasteiger partial charge on any atom is -0.508 e. The first-order chi connectivity index (χ1) is 8.93. The lowest BCUT2D eigenvalue weighted by Crippen LogP contribution is -2.38. The Morgan fingerprint density at radius 2 is 2.11 bits per heavy atom. The predicted molar refractivity (Wildman–Crippen MR) is 72.7 cm³/mol. The Balaban J connectivity index is 3.08. The van der Waals surface area contributed by atoms with E-state index in [0.717, 1.165) is 6.42 Å².